The summed E-state index contributed by atoms with van der Waals surface area (Å²) in [6.07, 6.45) is 5.77. The number of aromatic nitrogens is 4. The van der Waals surface area contributed by atoms with E-state index in [1.807, 2.05) is 4.68 Å². The first-order valence-corrected chi connectivity index (χ1v) is 8.05. The number of hydrogen-bond donors (Lipinski definition) is 0. The third-order valence-corrected chi connectivity index (χ3v) is 4.71. The van der Waals surface area contributed by atoms with Gasteiger partial charge in [0.05, 0.1) is 23.7 Å². The van der Waals surface area contributed by atoms with Gasteiger partial charge in [-0.2, -0.15) is 0 Å². The summed E-state index contributed by atoms with van der Waals surface area (Å²) in [5.74, 6) is 1.81. The zero-order chi connectivity index (χ0) is 12.4. The lowest BCUT2D eigenvalue weighted by molar-refractivity contribution is 0.0310. The summed E-state index contributed by atoms with van der Waals surface area (Å²) in [5.41, 5.74) is 0. The summed E-state index contributed by atoms with van der Waals surface area (Å²) in [6.45, 7) is 0.807. The van der Waals surface area contributed by atoms with Crippen molar-refractivity contribution in [3.8, 4) is 0 Å². The Kier molecular flexibility index (Phi) is 3.69. The number of rotatable bonds is 5. The van der Waals surface area contributed by atoms with E-state index < -0.39 is 10.8 Å². The standard InChI is InChI=1S/C11H18N4O2S/c16-18(7-10-3-1-2-6-17-10)8-11-12-13-14-15(11)9-4-5-9/h9-10H,1-8H2. The highest BCUT2D eigenvalue weighted by molar-refractivity contribution is 7.84. The largest absolute Gasteiger partial charge is 0.377 e. The predicted octanol–water partition coefficient (Wildman–Crippen LogP) is 0.826. The van der Waals surface area contributed by atoms with Crippen LogP contribution in [0.1, 0.15) is 44.0 Å². The molecular weight excluding hydrogens is 252 g/mol. The van der Waals surface area contributed by atoms with E-state index in [0.717, 1.165) is 38.1 Å². The minimum absolute atomic E-state index is 0.157. The van der Waals surface area contributed by atoms with Gasteiger partial charge in [-0.25, -0.2) is 4.68 Å². The molecule has 7 heteroatoms. The van der Waals surface area contributed by atoms with E-state index in [9.17, 15) is 4.21 Å². The van der Waals surface area contributed by atoms with Crippen molar-refractivity contribution in [3.05, 3.63) is 5.82 Å². The highest BCUT2D eigenvalue weighted by Gasteiger charge is 2.28. The lowest BCUT2D eigenvalue weighted by Gasteiger charge is -2.21. The summed E-state index contributed by atoms with van der Waals surface area (Å²) in [4.78, 5) is 0. The molecule has 1 aromatic rings. The molecule has 0 aromatic carbocycles. The summed E-state index contributed by atoms with van der Waals surface area (Å²) in [7, 11) is -0.934. The molecule has 1 saturated carbocycles. The number of hydrogen-bond acceptors (Lipinski definition) is 5. The van der Waals surface area contributed by atoms with Crippen LogP contribution in [-0.4, -0.2) is 42.9 Å². The van der Waals surface area contributed by atoms with Crippen LogP contribution in [0, 0.1) is 0 Å². The van der Waals surface area contributed by atoms with Crippen LogP contribution in [0.4, 0.5) is 0 Å². The highest BCUT2D eigenvalue weighted by Crippen LogP contribution is 2.34. The molecule has 2 atom stereocenters. The van der Waals surface area contributed by atoms with Crippen LogP contribution in [0.25, 0.3) is 0 Å². The molecule has 2 aliphatic rings. The Morgan fingerprint density at radius 3 is 2.94 bits per heavy atom. The molecule has 3 rings (SSSR count). The van der Waals surface area contributed by atoms with Crippen LogP contribution in [0.2, 0.25) is 0 Å². The molecule has 1 aliphatic carbocycles. The number of ether oxygens (including phenoxy) is 1. The average Bonchev–Trinajstić information content (AvgIpc) is 3.12. The van der Waals surface area contributed by atoms with E-state index in [2.05, 4.69) is 15.5 Å². The van der Waals surface area contributed by atoms with Crippen molar-refractivity contribution in [2.75, 3.05) is 12.4 Å². The first-order chi connectivity index (χ1) is 8.83. The van der Waals surface area contributed by atoms with Crippen molar-refractivity contribution in [1.82, 2.24) is 20.2 Å². The van der Waals surface area contributed by atoms with Crippen molar-refractivity contribution < 1.29 is 8.95 Å². The molecule has 0 bridgehead atoms. The van der Waals surface area contributed by atoms with Crippen molar-refractivity contribution >= 4 is 10.8 Å². The topological polar surface area (TPSA) is 69.9 Å². The monoisotopic (exact) mass is 270 g/mol. The van der Waals surface area contributed by atoms with Crippen molar-refractivity contribution in [1.29, 1.82) is 0 Å². The van der Waals surface area contributed by atoms with Gasteiger partial charge < -0.3 is 4.74 Å². The molecule has 1 aliphatic heterocycles. The Hall–Kier alpha value is -0.820. The average molecular weight is 270 g/mol. The van der Waals surface area contributed by atoms with Crippen LogP contribution in [0.15, 0.2) is 0 Å². The highest BCUT2D eigenvalue weighted by atomic mass is 32.2. The van der Waals surface area contributed by atoms with Crippen LogP contribution in [0.3, 0.4) is 0 Å². The van der Waals surface area contributed by atoms with Gasteiger partial charge >= 0.3 is 0 Å². The molecule has 0 N–H and O–H groups in total. The van der Waals surface area contributed by atoms with Gasteiger partial charge in [-0.15, -0.1) is 5.10 Å². The minimum atomic E-state index is -0.934. The fourth-order valence-corrected chi connectivity index (χ4v) is 3.53. The molecule has 1 aromatic heterocycles. The lowest BCUT2D eigenvalue weighted by Crippen LogP contribution is -2.26. The molecule has 1 saturated heterocycles. The van der Waals surface area contributed by atoms with Crippen LogP contribution >= 0.6 is 0 Å². The molecule has 2 fully saturated rings. The second kappa shape index (κ2) is 5.44. The van der Waals surface area contributed by atoms with Gasteiger partial charge in [0, 0.05) is 17.4 Å². The van der Waals surface area contributed by atoms with Crippen LogP contribution < -0.4 is 0 Å². The molecule has 2 unspecified atom stereocenters. The molecule has 0 amide bonds. The summed E-state index contributed by atoms with van der Waals surface area (Å²) < 4.78 is 19.5. The lowest BCUT2D eigenvalue weighted by atomic mass is 10.1. The van der Waals surface area contributed by atoms with Gasteiger partial charge in [-0.3, -0.25) is 4.21 Å². The Morgan fingerprint density at radius 1 is 1.33 bits per heavy atom. The van der Waals surface area contributed by atoms with Gasteiger partial charge in [0.15, 0.2) is 5.82 Å². The predicted molar refractivity (Wildman–Crippen MR) is 66.4 cm³/mol. The van der Waals surface area contributed by atoms with E-state index in [0.29, 0.717) is 17.5 Å². The van der Waals surface area contributed by atoms with Crippen LogP contribution in [-0.2, 0) is 21.3 Å². The molecule has 18 heavy (non-hydrogen) atoms. The summed E-state index contributed by atoms with van der Waals surface area (Å²) >= 11 is 0. The van der Waals surface area contributed by atoms with Crippen molar-refractivity contribution in [2.24, 2.45) is 0 Å². The Morgan fingerprint density at radius 2 is 2.22 bits per heavy atom. The zero-order valence-corrected chi connectivity index (χ0v) is 11.1. The van der Waals surface area contributed by atoms with E-state index in [1.165, 1.54) is 6.42 Å². The van der Waals surface area contributed by atoms with Gasteiger partial charge in [0.1, 0.15) is 0 Å². The van der Waals surface area contributed by atoms with Gasteiger partial charge in [0.2, 0.25) is 0 Å². The molecular formula is C11H18N4O2S. The summed E-state index contributed by atoms with van der Waals surface area (Å²) in [6, 6.07) is 0.443. The second-order valence-corrected chi connectivity index (χ2v) is 6.51. The number of nitrogens with zero attached hydrogens (tertiary/aromatic N) is 4. The zero-order valence-electron chi connectivity index (χ0n) is 10.3. The maximum absolute atomic E-state index is 12.1. The Balaban J connectivity index is 1.54. The third kappa shape index (κ3) is 2.95. The SMILES string of the molecule is O=S(Cc1nnnn1C1CC1)CC1CCCCO1. The van der Waals surface area contributed by atoms with E-state index in [1.54, 1.807) is 0 Å². The Labute approximate surface area is 109 Å². The minimum Gasteiger partial charge on any atom is -0.377 e. The van der Waals surface area contributed by atoms with Gasteiger partial charge in [0.25, 0.3) is 0 Å². The first-order valence-electron chi connectivity index (χ1n) is 6.56. The van der Waals surface area contributed by atoms with Gasteiger partial charge in [-0.1, -0.05) is 0 Å². The fraction of sp³-hybridized carbons (Fsp3) is 0.909. The normalized spacial score (nSPS) is 26.1. The maximum Gasteiger partial charge on any atom is 0.164 e. The van der Waals surface area contributed by atoms with E-state index in [4.69, 9.17) is 4.74 Å². The third-order valence-electron chi connectivity index (χ3n) is 3.39. The fourth-order valence-electron chi connectivity index (χ4n) is 2.26. The summed E-state index contributed by atoms with van der Waals surface area (Å²) in [5, 5.41) is 11.6. The van der Waals surface area contributed by atoms with Crippen molar-refractivity contribution in [3.63, 3.8) is 0 Å². The quantitative estimate of drug-likeness (QED) is 0.792. The van der Waals surface area contributed by atoms with Crippen molar-refractivity contribution in [2.45, 2.75) is 50.0 Å². The van der Waals surface area contributed by atoms with Gasteiger partial charge in [-0.05, 0) is 42.5 Å². The van der Waals surface area contributed by atoms with E-state index >= 15 is 0 Å². The molecule has 100 valence electrons. The van der Waals surface area contributed by atoms with Crippen LogP contribution in [0.5, 0.6) is 0 Å². The smallest absolute Gasteiger partial charge is 0.164 e. The molecule has 0 spiro atoms. The second-order valence-electron chi connectivity index (χ2n) is 5.01. The van der Waals surface area contributed by atoms with E-state index in [-0.39, 0.29) is 6.10 Å². The molecule has 2 heterocycles. The number of tetrazole rings is 1. The Bertz CT molecular complexity index is 426. The molecule has 0 radical (unpaired) electrons. The molecule has 6 nitrogen and oxygen atoms in total. The maximum atomic E-state index is 12.1. The first kappa shape index (κ1) is 12.2.